The van der Waals surface area contributed by atoms with E-state index >= 15 is 0 Å². The molecule has 2 aromatic carbocycles. The lowest BCUT2D eigenvalue weighted by Gasteiger charge is -2.44. The van der Waals surface area contributed by atoms with E-state index in [0.717, 1.165) is 23.3 Å². The van der Waals surface area contributed by atoms with Gasteiger partial charge in [0.1, 0.15) is 18.5 Å². The van der Waals surface area contributed by atoms with Crippen LogP contribution in [0.3, 0.4) is 0 Å². The summed E-state index contributed by atoms with van der Waals surface area (Å²) in [6.45, 7) is 1.30. The topological polar surface area (TPSA) is 75.0 Å². The average molecular weight is 444 g/mol. The highest BCUT2D eigenvalue weighted by molar-refractivity contribution is 5.96. The van der Waals surface area contributed by atoms with Crippen LogP contribution >= 0.6 is 0 Å². The monoisotopic (exact) mass is 443 g/mol. The van der Waals surface area contributed by atoms with Crippen LogP contribution in [-0.2, 0) is 0 Å². The molecule has 1 aromatic heterocycles. The zero-order valence-corrected chi connectivity index (χ0v) is 18.1. The molecule has 3 aromatic rings. The van der Waals surface area contributed by atoms with Crippen LogP contribution in [0.1, 0.15) is 40.5 Å². The summed E-state index contributed by atoms with van der Waals surface area (Å²) in [5.74, 6) is -0.135. The predicted molar refractivity (Wildman–Crippen MR) is 125 cm³/mol. The van der Waals surface area contributed by atoms with Gasteiger partial charge in [-0.15, -0.1) is 0 Å². The number of ether oxygens (including phenoxy) is 1. The van der Waals surface area contributed by atoms with Crippen LogP contribution in [0.4, 0.5) is 0 Å². The molecule has 7 nitrogen and oxygen atoms in total. The second-order valence-corrected chi connectivity index (χ2v) is 8.12. The van der Waals surface area contributed by atoms with Crippen molar-refractivity contribution in [1.82, 2.24) is 9.58 Å². The van der Waals surface area contributed by atoms with Crippen LogP contribution in [0.5, 0.6) is 11.5 Å². The summed E-state index contributed by atoms with van der Waals surface area (Å²) in [7, 11) is 0. The third-order valence-corrected chi connectivity index (χ3v) is 6.04. The van der Waals surface area contributed by atoms with Gasteiger partial charge in [0.25, 0.3) is 5.91 Å². The van der Waals surface area contributed by atoms with Crippen molar-refractivity contribution in [2.24, 2.45) is 0 Å². The van der Waals surface area contributed by atoms with Crippen molar-refractivity contribution in [2.75, 3.05) is 24.8 Å². The maximum absolute atomic E-state index is 13.3. The number of aromatic hydroxyl groups is 1. The first-order chi connectivity index (χ1) is 16.1. The Morgan fingerprint density at radius 2 is 1.67 bits per heavy atom. The fourth-order valence-corrected chi connectivity index (χ4v) is 4.45. The molecule has 3 heterocycles. The minimum Gasteiger partial charge on any atom is -0.502 e. The molecule has 0 radical (unpaired) electrons. The standard InChI is InChI=1S/C26H25N3O4/c30-21-14-16-28-24(25(21)31)26(32)27-15-8-1-2-9-17-33-22-13-7-6-12-20(22)23(29(28)18-27)19-10-4-3-5-11-19/h1-7,10-14,16,23,31H,8-9,15,17-18H2/b2-1-/t23-/m1/s1. The van der Waals surface area contributed by atoms with Gasteiger partial charge < -0.3 is 14.7 Å². The molecule has 0 spiro atoms. The molecule has 33 heavy (non-hydrogen) atoms. The number of carbonyl (C=O) groups is 1. The SMILES string of the molecule is O=C1c2c(O)c(=O)ccn2N2CN1CC/C=C\CCOc1ccccc1[C@H]2c1ccccc1. The van der Waals surface area contributed by atoms with Gasteiger partial charge in [0, 0.05) is 24.4 Å². The van der Waals surface area contributed by atoms with Crippen molar-refractivity contribution >= 4 is 5.91 Å². The van der Waals surface area contributed by atoms with E-state index in [0.29, 0.717) is 19.6 Å². The lowest BCUT2D eigenvalue weighted by Crippen LogP contribution is -2.55. The third kappa shape index (κ3) is 3.86. The molecule has 2 aliphatic rings. The molecule has 1 amide bonds. The van der Waals surface area contributed by atoms with Gasteiger partial charge in [-0.25, -0.2) is 0 Å². The molecule has 0 fully saturated rings. The number of benzene rings is 2. The highest BCUT2D eigenvalue weighted by atomic mass is 16.5. The van der Waals surface area contributed by atoms with Crippen LogP contribution in [-0.4, -0.2) is 40.4 Å². The quantitative estimate of drug-likeness (QED) is 0.584. The van der Waals surface area contributed by atoms with Crippen LogP contribution in [0.2, 0.25) is 0 Å². The predicted octanol–water partition coefficient (Wildman–Crippen LogP) is 3.42. The molecular weight excluding hydrogens is 418 g/mol. The van der Waals surface area contributed by atoms with Crippen molar-refractivity contribution in [3.8, 4) is 11.5 Å². The largest absolute Gasteiger partial charge is 0.502 e. The fraction of sp³-hybridized carbons (Fsp3) is 0.231. The molecule has 2 bridgehead atoms. The Morgan fingerprint density at radius 3 is 2.52 bits per heavy atom. The molecule has 0 unspecified atom stereocenters. The van der Waals surface area contributed by atoms with Crippen LogP contribution < -0.4 is 15.2 Å². The molecule has 2 aliphatic heterocycles. The number of pyridine rings is 1. The maximum atomic E-state index is 13.3. The number of carbonyl (C=O) groups excluding carboxylic acids is 1. The van der Waals surface area contributed by atoms with E-state index in [4.69, 9.17) is 4.74 Å². The highest BCUT2D eigenvalue weighted by Crippen LogP contribution is 2.36. The van der Waals surface area contributed by atoms with E-state index < -0.39 is 11.2 Å². The number of hydrogen-bond donors (Lipinski definition) is 1. The van der Waals surface area contributed by atoms with Gasteiger partial charge in [-0.05, 0) is 24.5 Å². The molecule has 7 heteroatoms. The summed E-state index contributed by atoms with van der Waals surface area (Å²) in [6.07, 6.45) is 7.07. The average Bonchev–Trinajstić information content (AvgIpc) is 2.85. The van der Waals surface area contributed by atoms with Crippen molar-refractivity contribution in [2.45, 2.75) is 18.9 Å². The molecule has 1 atom stereocenters. The van der Waals surface area contributed by atoms with Crippen molar-refractivity contribution < 1.29 is 14.6 Å². The summed E-state index contributed by atoms with van der Waals surface area (Å²) in [6, 6.07) is 18.8. The van der Waals surface area contributed by atoms with Crippen molar-refractivity contribution in [3.63, 3.8) is 0 Å². The summed E-state index contributed by atoms with van der Waals surface area (Å²) in [5, 5.41) is 12.6. The third-order valence-electron chi connectivity index (χ3n) is 6.04. The molecule has 5 rings (SSSR count). The Labute approximate surface area is 191 Å². The van der Waals surface area contributed by atoms with Crippen LogP contribution in [0.15, 0.2) is 83.8 Å². The van der Waals surface area contributed by atoms with Crippen molar-refractivity contribution in [3.05, 3.63) is 106 Å². The van der Waals surface area contributed by atoms with E-state index in [1.54, 1.807) is 15.8 Å². The fourth-order valence-electron chi connectivity index (χ4n) is 4.45. The maximum Gasteiger partial charge on any atom is 0.277 e. The Balaban J connectivity index is 1.76. The van der Waals surface area contributed by atoms with Crippen LogP contribution in [0, 0.1) is 0 Å². The number of amides is 1. The first-order valence-corrected chi connectivity index (χ1v) is 11.1. The number of para-hydroxylation sites is 1. The molecule has 168 valence electrons. The van der Waals surface area contributed by atoms with E-state index in [1.165, 1.54) is 6.07 Å². The number of aromatic nitrogens is 1. The summed E-state index contributed by atoms with van der Waals surface area (Å²) < 4.78 is 7.79. The Morgan fingerprint density at radius 1 is 0.909 bits per heavy atom. The van der Waals surface area contributed by atoms with E-state index in [9.17, 15) is 14.7 Å². The number of rotatable bonds is 1. The number of nitrogens with zero attached hydrogens (tertiary/aromatic N) is 3. The van der Waals surface area contributed by atoms with Gasteiger partial charge in [-0.3, -0.25) is 19.3 Å². The van der Waals surface area contributed by atoms with Gasteiger partial charge >= 0.3 is 0 Å². The molecular formula is C26H25N3O4. The van der Waals surface area contributed by atoms with Gasteiger partial charge in [0.15, 0.2) is 11.4 Å². The normalized spacial score (nSPS) is 19.3. The Bertz CT molecular complexity index is 1250. The molecule has 1 N–H and O–H groups in total. The highest BCUT2D eigenvalue weighted by Gasteiger charge is 2.37. The van der Waals surface area contributed by atoms with Crippen molar-refractivity contribution in [1.29, 1.82) is 0 Å². The molecule has 0 aliphatic carbocycles. The number of hydrogen-bond acceptors (Lipinski definition) is 5. The number of fused-ring (bicyclic) bond motifs is 5. The molecule has 0 saturated heterocycles. The second-order valence-electron chi connectivity index (χ2n) is 8.12. The Hall–Kier alpha value is -4.00. The minimum atomic E-state index is -0.575. The minimum absolute atomic E-state index is 0.0214. The van der Waals surface area contributed by atoms with Crippen LogP contribution in [0.25, 0.3) is 0 Å². The summed E-state index contributed by atoms with van der Waals surface area (Å²) in [4.78, 5) is 27.2. The first kappa shape index (κ1) is 20.9. The lowest BCUT2D eigenvalue weighted by molar-refractivity contribution is 0.0683. The Kier molecular flexibility index (Phi) is 5.60. The first-order valence-electron chi connectivity index (χ1n) is 11.1. The van der Waals surface area contributed by atoms with Gasteiger partial charge in [0.2, 0.25) is 5.43 Å². The van der Waals surface area contributed by atoms with Gasteiger partial charge in [-0.2, -0.15) is 0 Å². The van der Waals surface area contributed by atoms with E-state index in [1.807, 2.05) is 65.7 Å². The zero-order chi connectivity index (χ0) is 22.8. The van der Waals surface area contributed by atoms with E-state index in [2.05, 4.69) is 6.08 Å². The second kappa shape index (κ2) is 8.86. The smallest absolute Gasteiger partial charge is 0.277 e. The molecule has 0 saturated carbocycles. The van der Waals surface area contributed by atoms with Gasteiger partial charge in [0.05, 0.1) is 6.61 Å². The van der Waals surface area contributed by atoms with E-state index in [-0.39, 0.29) is 24.3 Å². The summed E-state index contributed by atoms with van der Waals surface area (Å²) >= 11 is 0. The zero-order valence-electron chi connectivity index (χ0n) is 18.1. The lowest BCUT2D eigenvalue weighted by atomic mass is 9.97. The van der Waals surface area contributed by atoms with Gasteiger partial charge in [-0.1, -0.05) is 60.7 Å². The summed E-state index contributed by atoms with van der Waals surface area (Å²) in [5.41, 5.74) is 1.34.